The fourth-order valence-corrected chi connectivity index (χ4v) is 2.71. The van der Waals surface area contributed by atoms with E-state index in [0.29, 0.717) is 17.8 Å². The molecule has 26 heavy (non-hydrogen) atoms. The maximum Gasteiger partial charge on any atom is 0.292 e. The molecule has 0 spiro atoms. The van der Waals surface area contributed by atoms with Crippen molar-refractivity contribution in [3.8, 4) is 11.1 Å². The fourth-order valence-electron chi connectivity index (χ4n) is 2.71. The molecule has 0 unspecified atom stereocenters. The van der Waals surface area contributed by atoms with E-state index in [-0.39, 0.29) is 11.5 Å². The molecule has 0 atom stereocenters. The molecule has 0 bridgehead atoms. The van der Waals surface area contributed by atoms with Crippen molar-refractivity contribution < 1.29 is 9.72 Å². The van der Waals surface area contributed by atoms with Gasteiger partial charge in [0.05, 0.1) is 4.92 Å². The highest BCUT2D eigenvalue weighted by Gasteiger charge is 2.15. The summed E-state index contributed by atoms with van der Waals surface area (Å²) in [6.07, 6.45) is 0. The minimum Gasteiger partial charge on any atom is -0.375 e. The third-order valence-electron chi connectivity index (χ3n) is 4.14. The Hall–Kier alpha value is -3.47. The molecule has 3 aromatic rings. The number of carbonyl (C=O) groups excluding carboxylic acids is 1. The molecule has 0 aliphatic rings. The molecule has 3 aromatic carbocycles. The van der Waals surface area contributed by atoms with Crippen molar-refractivity contribution in [3.05, 3.63) is 94.0 Å². The van der Waals surface area contributed by atoms with Gasteiger partial charge in [0.2, 0.25) is 0 Å². The number of nitro groups is 1. The number of benzene rings is 3. The zero-order chi connectivity index (χ0) is 18.5. The van der Waals surface area contributed by atoms with Crippen molar-refractivity contribution in [1.29, 1.82) is 0 Å². The molecule has 0 amide bonds. The zero-order valence-corrected chi connectivity index (χ0v) is 14.3. The number of nitrogens with zero attached hydrogens (tertiary/aromatic N) is 1. The SMILES string of the molecule is CC(=O)c1ccc(-c2ccc([N+](=O)[O-])c(NCc3ccccc3)c2)cc1. The van der Waals surface area contributed by atoms with E-state index in [9.17, 15) is 14.9 Å². The summed E-state index contributed by atoms with van der Waals surface area (Å²) in [5.74, 6) is 0.00506. The molecule has 0 aliphatic carbocycles. The smallest absolute Gasteiger partial charge is 0.292 e. The number of Topliss-reactive ketones (excluding diaryl/α,β-unsaturated/α-hetero) is 1. The normalized spacial score (nSPS) is 10.3. The molecule has 5 nitrogen and oxygen atoms in total. The minimum absolute atomic E-state index is 0.00506. The predicted molar refractivity (Wildman–Crippen MR) is 102 cm³/mol. The minimum atomic E-state index is -0.393. The third-order valence-corrected chi connectivity index (χ3v) is 4.14. The van der Waals surface area contributed by atoms with Gasteiger partial charge < -0.3 is 5.32 Å². The monoisotopic (exact) mass is 346 g/mol. The second kappa shape index (κ2) is 7.61. The molecule has 0 heterocycles. The van der Waals surface area contributed by atoms with Crippen molar-refractivity contribution in [1.82, 2.24) is 0 Å². The Bertz CT molecular complexity index is 935. The number of hydrogen-bond acceptors (Lipinski definition) is 4. The number of anilines is 1. The molecule has 5 heteroatoms. The van der Waals surface area contributed by atoms with Crippen LogP contribution in [0.1, 0.15) is 22.8 Å². The summed E-state index contributed by atoms with van der Waals surface area (Å²) in [5.41, 5.74) is 3.92. The number of nitro benzene ring substituents is 1. The zero-order valence-electron chi connectivity index (χ0n) is 14.3. The van der Waals surface area contributed by atoms with Crippen LogP contribution in [0, 0.1) is 10.1 Å². The molecule has 130 valence electrons. The molecular formula is C21H18N2O3. The van der Waals surface area contributed by atoms with Crippen LogP contribution in [0.25, 0.3) is 11.1 Å². The van der Waals surface area contributed by atoms with Gasteiger partial charge in [-0.15, -0.1) is 0 Å². The Labute approximate surface area is 151 Å². The van der Waals surface area contributed by atoms with Crippen LogP contribution in [-0.4, -0.2) is 10.7 Å². The van der Waals surface area contributed by atoms with Gasteiger partial charge in [-0.1, -0.05) is 54.6 Å². The topological polar surface area (TPSA) is 72.2 Å². The molecule has 0 fully saturated rings. The van der Waals surface area contributed by atoms with Crippen molar-refractivity contribution in [2.45, 2.75) is 13.5 Å². The van der Waals surface area contributed by atoms with Gasteiger partial charge >= 0.3 is 0 Å². The van der Waals surface area contributed by atoms with Crippen LogP contribution in [-0.2, 0) is 6.54 Å². The van der Waals surface area contributed by atoms with Crippen LogP contribution >= 0.6 is 0 Å². The molecule has 0 saturated heterocycles. The van der Waals surface area contributed by atoms with Crippen molar-refractivity contribution in [2.75, 3.05) is 5.32 Å². The molecular weight excluding hydrogens is 328 g/mol. The Balaban J connectivity index is 1.90. The van der Waals surface area contributed by atoms with Crippen LogP contribution in [0.4, 0.5) is 11.4 Å². The summed E-state index contributed by atoms with van der Waals surface area (Å²) in [6.45, 7) is 2.01. The van der Waals surface area contributed by atoms with Crippen molar-refractivity contribution >= 4 is 17.2 Å². The van der Waals surface area contributed by atoms with Gasteiger partial charge in [0, 0.05) is 18.2 Å². The van der Waals surface area contributed by atoms with E-state index in [2.05, 4.69) is 5.32 Å². The summed E-state index contributed by atoms with van der Waals surface area (Å²) in [6, 6.07) is 21.9. The lowest BCUT2D eigenvalue weighted by molar-refractivity contribution is -0.384. The number of carbonyl (C=O) groups is 1. The van der Waals surface area contributed by atoms with E-state index in [1.165, 1.54) is 13.0 Å². The van der Waals surface area contributed by atoms with Crippen LogP contribution < -0.4 is 5.32 Å². The first kappa shape index (κ1) is 17.4. The van der Waals surface area contributed by atoms with Crippen LogP contribution in [0.15, 0.2) is 72.8 Å². The Morgan fingerprint density at radius 2 is 1.62 bits per heavy atom. The Morgan fingerprint density at radius 1 is 0.962 bits per heavy atom. The first-order valence-corrected chi connectivity index (χ1v) is 8.22. The van der Waals surface area contributed by atoms with E-state index in [1.807, 2.05) is 42.5 Å². The summed E-state index contributed by atoms with van der Waals surface area (Å²) in [7, 11) is 0. The maximum atomic E-state index is 11.4. The fraction of sp³-hybridized carbons (Fsp3) is 0.0952. The number of nitrogens with one attached hydrogen (secondary N) is 1. The second-order valence-electron chi connectivity index (χ2n) is 5.96. The summed E-state index contributed by atoms with van der Waals surface area (Å²) in [4.78, 5) is 22.3. The van der Waals surface area contributed by atoms with E-state index < -0.39 is 4.92 Å². The molecule has 0 aliphatic heterocycles. The molecule has 1 N–H and O–H groups in total. The standard InChI is InChI=1S/C21H18N2O3/c1-15(24)17-7-9-18(10-8-17)19-11-12-21(23(25)26)20(13-19)22-14-16-5-3-2-4-6-16/h2-13,22H,14H2,1H3. The Kier molecular flexibility index (Phi) is 5.08. The number of rotatable bonds is 6. The predicted octanol–water partition coefficient (Wildman–Crippen LogP) is 5.08. The van der Waals surface area contributed by atoms with Gasteiger partial charge in [-0.3, -0.25) is 14.9 Å². The van der Waals surface area contributed by atoms with Crippen LogP contribution in [0.3, 0.4) is 0 Å². The maximum absolute atomic E-state index is 11.4. The van der Waals surface area contributed by atoms with Gasteiger partial charge in [0.15, 0.2) is 5.78 Å². The van der Waals surface area contributed by atoms with Gasteiger partial charge in [-0.05, 0) is 35.7 Å². The highest BCUT2D eigenvalue weighted by atomic mass is 16.6. The van der Waals surface area contributed by atoms with Crippen molar-refractivity contribution in [2.24, 2.45) is 0 Å². The first-order chi connectivity index (χ1) is 12.5. The highest BCUT2D eigenvalue weighted by molar-refractivity contribution is 5.94. The van der Waals surface area contributed by atoms with Gasteiger partial charge in [0.1, 0.15) is 5.69 Å². The van der Waals surface area contributed by atoms with Gasteiger partial charge in [0.25, 0.3) is 5.69 Å². The largest absolute Gasteiger partial charge is 0.375 e. The van der Waals surface area contributed by atoms with Crippen LogP contribution in [0.2, 0.25) is 0 Å². The van der Waals surface area contributed by atoms with E-state index in [1.54, 1.807) is 24.3 Å². The van der Waals surface area contributed by atoms with E-state index in [0.717, 1.165) is 16.7 Å². The number of ketones is 1. The van der Waals surface area contributed by atoms with Crippen molar-refractivity contribution in [3.63, 3.8) is 0 Å². The quantitative estimate of drug-likeness (QED) is 0.384. The lowest BCUT2D eigenvalue weighted by Crippen LogP contribution is -2.03. The number of hydrogen-bond donors (Lipinski definition) is 1. The molecule has 0 radical (unpaired) electrons. The Morgan fingerprint density at radius 3 is 2.23 bits per heavy atom. The molecule has 0 saturated carbocycles. The highest BCUT2D eigenvalue weighted by Crippen LogP contribution is 2.31. The lowest BCUT2D eigenvalue weighted by atomic mass is 10.0. The molecule has 0 aromatic heterocycles. The third kappa shape index (κ3) is 3.95. The van der Waals surface area contributed by atoms with Gasteiger partial charge in [-0.2, -0.15) is 0 Å². The second-order valence-corrected chi connectivity index (χ2v) is 5.96. The first-order valence-electron chi connectivity index (χ1n) is 8.22. The van der Waals surface area contributed by atoms with E-state index >= 15 is 0 Å². The lowest BCUT2D eigenvalue weighted by Gasteiger charge is -2.10. The summed E-state index contributed by atoms with van der Waals surface area (Å²) >= 11 is 0. The average molecular weight is 346 g/mol. The summed E-state index contributed by atoms with van der Waals surface area (Å²) in [5, 5.41) is 14.5. The molecule has 3 rings (SSSR count). The van der Waals surface area contributed by atoms with Crippen LogP contribution in [0.5, 0.6) is 0 Å². The summed E-state index contributed by atoms with van der Waals surface area (Å²) < 4.78 is 0. The van der Waals surface area contributed by atoms with Gasteiger partial charge in [-0.25, -0.2) is 0 Å². The average Bonchev–Trinajstić information content (AvgIpc) is 2.67. The van der Waals surface area contributed by atoms with E-state index in [4.69, 9.17) is 0 Å².